The highest BCUT2D eigenvalue weighted by atomic mass is 32.1. The number of aryl methyl sites for hydroxylation is 1. The van der Waals surface area contributed by atoms with E-state index in [1.165, 1.54) is 11.3 Å². The molecule has 2 aromatic heterocycles. The molecule has 0 bridgehead atoms. The van der Waals surface area contributed by atoms with Gasteiger partial charge in [0.15, 0.2) is 0 Å². The standard InChI is InChI=1S/C19H21N3O2S/c1-2-22-15-7-4-3-6-13(15)14(21-22)12-20-19(23)18-10-9-17(25-18)16-8-5-11-24-16/h3-4,6-7,9-10,16H,2,5,8,11-12H2,1H3,(H,20,23). The number of rotatable bonds is 5. The van der Waals surface area contributed by atoms with Crippen LogP contribution in [0.15, 0.2) is 36.4 Å². The van der Waals surface area contributed by atoms with Gasteiger partial charge in [0.05, 0.1) is 28.7 Å². The molecule has 1 fully saturated rings. The number of carbonyl (C=O) groups excluding carboxylic acids is 1. The zero-order chi connectivity index (χ0) is 17.2. The smallest absolute Gasteiger partial charge is 0.261 e. The molecule has 130 valence electrons. The lowest BCUT2D eigenvalue weighted by molar-refractivity contribution is 0.0954. The molecule has 3 heterocycles. The van der Waals surface area contributed by atoms with Crippen LogP contribution in [0.3, 0.4) is 0 Å². The Kier molecular flexibility index (Phi) is 4.55. The Morgan fingerprint density at radius 2 is 2.24 bits per heavy atom. The SMILES string of the molecule is CCn1nc(CNC(=O)c2ccc(C3CCCO3)s2)c2ccccc21. The summed E-state index contributed by atoms with van der Waals surface area (Å²) in [5, 5.41) is 8.72. The average Bonchev–Trinajstić information content (AvgIpc) is 3.38. The van der Waals surface area contributed by atoms with Crippen LogP contribution in [0.5, 0.6) is 0 Å². The van der Waals surface area contributed by atoms with E-state index in [1.807, 2.05) is 28.9 Å². The van der Waals surface area contributed by atoms with Crippen molar-refractivity contribution in [2.24, 2.45) is 0 Å². The van der Waals surface area contributed by atoms with Crippen molar-refractivity contribution in [1.29, 1.82) is 0 Å². The van der Waals surface area contributed by atoms with Crippen LogP contribution in [0.1, 0.15) is 46.1 Å². The van der Waals surface area contributed by atoms with Gasteiger partial charge in [-0.25, -0.2) is 0 Å². The predicted octanol–water partition coefficient (Wildman–Crippen LogP) is 3.90. The molecule has 6 heteroatoms. The van der Waals surface area contributed by atoms with Gasteiger partial charge < -0.3 is 10.1 Å². The van der Waals surface area contributed by atoms with E-state index in [0.717, 1.165) is 52.3 Å². The van der Waals surface area contributed by atoms with Gasteiger partial charge in [-0.05, 0) is 38.0 Å². The molecule has 3 aromatic rings. The van der Waals surface area contributed by atoms with Crippen LogP contribution in [-0.4, -0.2) is 22.3 Å². The maximum absolute atomic E-state index is 12.5. The zero-order valence-electron chi connectivity index (χ0n) is 14.2. The van der Waals surface area contributed by atoms with Crippen LogP contribution in [0.4, 0.5) is 0 Å². The summed E-state index contributed by atoms with van der Waals surface area (Å²) in [5.41, 5.74) is 2.01. The largest absolute Gasteiger partial charge is 0.373 e. The van der Waals surface area contributed by atoms with Crippen molar-refractivity contribution in [2.75, 3.05) is 6.61 Å². The summed E-state index contributed by atoms with van der Waals surface area (Å²) in [6.07, 6.45) is 2.30. The Balaban J connectivity index is 1.47. The quantitative estimate of drug-likeness (QED) is 0.755. The fourth-order valence-corrected chi connectivity index (χ4v) is 4.28. The summed E-state index contributed by atoms with van der Waals surface area (Å²) in [6.45, 7) is 4.13. The number of hydrogen-bond donors (Lipinski definition) is 1. The number of amides is 1. The van der Waals surface area contributed by atoms with E-state index in [4.69, 9.17) is 4.74 Å². The Hall–Kier alpha value is -2.18. The van der Waals surface area contributed by atoms with Gasteiger partial charge in [0.2, 0.25) is 0 Å². The molecule has 1 aliphatic heterocycles. The molecule has 0 saturated carbocycles. The van der Waals surface area contributed by atoms with E-state index in [2.05, 4.69) is 29.5 Å². The number of benzene rings is 1. The molecule has 25 heavy (non-hydrogen) atoms. The van der Waals surface area contributed by atoms with Crippen LogP contribution < -0.4 is 5.32 Å². The van der Waals surface area contributed by atoms with Crippen LogP contribution in [0.25, 0.3) is 10.9 Å². The highest BCUT2D eigenvalue weighted by molar-refractivity contribution is 7.14. The van der Waals surface area contributed by atoms with Crippen LogP contribution in [0.2, 0.25) is 0 Å². The topological polar surface area (TPSA) is 56.2 Å². The van der Waals surface area contributed by atoms with Crippen molar-refractivity contribution in [3.8, 4) is 0 Å². The number of nitrogens with one attached hydrogen (secondary N) is 1. The van der Waals surface area contributed by atoms with Crippen molar-refractivity contribution < 1.29 is 9.53 Å². The summed E-state index contributed by atoms with van der Waals surface area (Å²) in [6, 6.07) is 12.0. The first kappa shape index (κ1) is 16.3. The van der Waals surface area contributed by atoms with Gasteiger partial charge in [-0.1, -0.05) is 18.2 Å². The number of hydrogen-bond acceptors (Lipinski definition) is 4. The predicted molar refractivity (Wildman–Crippen MR) is 98.8 cm³/mol. The third-order valence-corrected chi connectivity index (χ3v) is 5.72. The third-order valence-electron chi connectivity index (χ3n) is 4.55. The second-order valence-electron chi connectivity index (χ2n) is 6.17. The first-order chi connectivity index (χ1) is 12.3. The van der Waals surface area contributed by atoms with Gasteiger partial charge in [0.25, 0.3) is 5.91 Å². The van der Waals surface area contributed by atoms with Crippen molar-refractivity contribution in [3.05, 3.63) is 51.8 Å². The molecule has 1 unspecified atom stereocenters. The molecular weight excluding hydrogens is 334 g/mol. The number of para-hydroxylation sites is 1. The molecule has 1 saturated heterocycles. The first-order valence-electron chi connectivity index (χ1n) is 8.70. The minimum absolute atomic E-state index is 0.0515. The Morgan fingerprint density at radius 1 is 1.36 bits per heavy atom. The van der Waals surface area contributed by atoms with Gasteiger partial charge in [0, 0.05) is 23.4 Å². The molecule has 1 N–H and O–H groups in total. The van der Waals surface area contributed by atoms with Crippen molar-refractivity contribution in [2.45, 2.75) is 39.0 Å². The van der Waals surface area contributed by atoms with Gasteiger partial charge in [-0.2, -0.15) is 5.10 Å². The van der Waals surface area contributed by atoms with E-state index in [-0.39, 0.29) is 12.0 Å². The van der Waals surface area contributed by atoms with E-state index in [1.54, 1.807) is 0 Å². The lowest BCUT2D eigenvalue weighted by Gasteiger charge is -2.05. The minimum Gasteiger partial charge on any atom is -0.373 e. The number of nitrogens with zero attached hydrogens (tertiary/aromatic N) is 2. The Bertz CT molecular complexity index is 893. The van der Waals surface area contributed by atoms with Gasteiger partial charge in [-0.15, -0.1) is 11.3 Å². The molecular formula is C19H21N3O2S. The van der Waals surface area contributed by atoms with E-state index in [9.17, 15) is 4.79 Å². The number of fused-ring (bicyclic) bond motifs is 1. The van der Waals surface area contributed by atoms with Crippen molar-refractivity contribution >= 4 is 28.1 Å². The molecule has 5 nitrogen and oxygen atoms in total. The van der Waals surface area contributed by atoms with E-state index < -0.39 is 0 Å². The number of thiophene rings is 1. The third kappa shape index (κ3) is 3.19. The highest BCUT2D eigenvalue weighted by Crippen LogP contribution is 2.33. The molecule has 0 aliphatic carbocycles. The second-order valence-corrected chi connectivity index (χ2v) is 7.28. The summed E-state index contributed by atoms with van der Waals surface area (Å²) in [5.74, 6) is -0.0515. The summed E-state index contributed by atoms with van der Waals surface area (Å²) < 4.78 is 7.66. The molecule has 1 aliphatic rings. The number of aromatic nitrogens is 2. The molecule has 1 atom stereocenters. The van der Waals surface area contributed by atoms with Crippen molar-refractivity contribution in [1.82, 2.24) is 15.1 Å². The number of ether oxygens (including phenoxy) is 1. The van der Waals surface area contributed by atoms with Gasteiger partial charge in [0.1, 0.15) is 0 Å². The molecule has 1 amide bonds. The fourth-order valence-electron chi connectivity index (χ4n) is 3.27. The highest BCUT2D eigenvalue weighted by Gasteiger charge is 2.21. The summed E-state index contributed by atoms with van der Waals surface area (Å²) >= 11 is 1.52. The summed E-state index contributed by atoms with van der Waals surface area (Å²) in [7, 11) is 0. The normalized spacial score (nSPS) is 17.2. The van der Waals surface area contributed by atoms with E-state index >= 15 is 0 Å². The molecule has 1 aromatic carbocycles. The van der Waals surface area contributed by atoms with Gasteiger partial charge >= 0.3 is 0 Å². The lowest BCUT2D eigenvalue weighted by Crippen LogP contribution is -2.22. The molecule has 4 rings (SSSR count). The van der Waals surface area contributed by atoms with E-state index in [0.29, 0.717) is 6.54 Å². The number of carbonyl (C=O) groups is 1. The molecule has 0 radical (unpaired) electrons. The summed E-state index contributed by atoms with van der Waals surface area (Å²) in [4.78, 5) is 14.4. The Morgan fingerprint density at radius 3 is 3.04 bits per heavy atom. The average molecular weight is 355 g/mol. The molecule has 0 spiro atoms. The zero-order valence-corrected chi connectivity index (χ0v) is 15.0. The van der Waals surface area contributed by atoms with Crippen molar-refractivity contribution in [3.63, 3.8) is 0 Å². The first-order valence-corrected chi connectivity index (χ1v) is 9.52. The van der Waals surface area contributed by atoms with Crippen LogP contribution in [-0.2, 0) is 17.8 Å². The maximum atomic E-state index is 12.5. The lowest BCUT2D eigenvalue weighted by atomic mass is 10.2. The van der Waals surface area contributed by atoms with Crippen LogP contribution >= 0.6 is 11.3 Å². The minimum atomic E-state index is -0.0515. The van der Waals surface area contributed by atoms with Gasteiger partial charge in [-0.3, -0.25) is 9.48 Å². The second kappa shape index (κ2) is 6.98. The fraction of sp³-hybridized carbons (Fsp3) is 0.368. The Labute approximate surface area is 150 Å². The maximum Gasteiger partial charge on any atom is 0.261 e. The van der Waals surface area contributed by atoms with Crippen LogP contribution in [0, 0.1) is 0 Å². The monoisotopic (exact) mass is 355 g/mol.